The Balaban J connectivity index is 2.77. The highest BCUT2D eigenvalue weighted by atomic mass is 16.4. The number of nitrogens with one attached hydrogen (secondary N) is 1. The lowest BCUT2D eigenvalue weighted by molar-refractivity contribution is -0.140. The van der Waals surface area contributed by atoms with E-state index in [-0.39, 0.29) is 0 Å². The van der Waals surface area contributed by atoms with Crippen molar-refractivity contribution in [2.75, 3.05) is 0 Å². The van der Waals surface area contributed by atoms with Gasteiger partial charge in [0.1, 0.15) is 6.04 Å². The quantitative estimate of drug-likeness (QED) is 0.828. The van der Waals surface area contributed by atoms with E-state index in [0.717, 1.165) is 0 Å². The summed E-state index contributed by atoms with van der Waals surface area (Å²) in [5.41, 5.74) is 4.90. The van der Waals surface area contributed by atoms with Crippen LogP contribution in [0.5, 0.6) is 0 Å². The Morgan fingerprint density at radius 3 is 2.16 bits per heavy atom. The first-order valence-corrected chi connectivity index (χ1v) is 6.84. The molecule has 1 atom stereocenters. The zero-order chi connectivity index (χ0) is 14.6. The fraction of sp³-hybridized carbons (Fsp3) is 0.562. The maximum atomic E-state index is 11.2. The molecule has 3 nitrogen and oxygen atoms in total. The molecule has 0 saturated heterocycles. The summed E-state index contributed by atoms with van der Waals surface area (Å²) in [6.45, 7) is 10.9. The van der Waals surface area contributed by atoms with Gasteiger partial charge in [-0.25, -0.2) is 0 Å². The largest absolute Gasteiger partial charge is 0.480 e. The summed E-state index contributed by atoms with van der Waals surface area (Å²) in [4.78, 5) is 11.2. The predicted octanol–water partition coefficient (Wildman–Crippen LogP) is 3.20. The standard InChI is InChI=1S/C16H25NO2/c1-10(2)6-15(16(18)19)17-9-14-12(4)7-11(3)8-13(14)5/h7-8,10,15,17H,6,9H2,1-5H3,(H,18,19). The maximum Gasteiger partial charge on any atom is 0.320 e. The molecular weight excluding hydrogens is 238 g/mol. The topological polar surface area (TPSA) is 49.3 Å². The number of hydrogen-bond donors (Lipinski definition) is 2. The third kappa shape index (κ3) is 4.67. The predicted molar refractivity (Wildman–Crippen MR) is 78.4 cm³/mol. The van der Waals surface area contributed by atoms with Gasteiger partial charge in [-0.2, -0.15) is 0 Å². The molecule has 1 unspecified atom stereocenters. The molecule has 0 saturated carbocycles. The summed E-state index contributed by atoms with van der Waals surface area (Å²) in [6, 6.07) is 3.81. The SMILES string of the molecule is Cc1cc(C)c(CNC(CC(C)C)C(=O)O)c(C)c1. The average Bonchev–Trinajstić information content (AvgIpc) is 2.25. The molecule has 0 amide bonds. The average molecular weight is 263 g/mol. The van der Waals surface area contributed by atoms with Crippen molar-refractivity contribution in [2.45, 2.75) is 53.6 Å². The number of carbonyl (C=O) groups is 1. The van der Waals surface area contributed by atoms with Crippen LogP contribution in [-0.2, 0) is 11.3 Å². The van der Waals surface area contributed by atoms with E-state index in [1.54, 1.807) is 0 Å². The second-order valence-electron chi connectivity index (χ2n) is 5.78. The van der Waals surface area contributed by atoms with Gasteiger partial charge in [0, 0.05) is 6.54 Å². The molecule has 19 heavy (non-hydrogen) atoms. The number of aryl methyl sites for hydroxylation is 3. The first-order chi connectivity index (χ1) is 8.81. The molecule has 0 spiro atoms. The minimum Gasteiger partial charge on any atom is -0.480 e. The highest BCUT2D eigenvalue weighted by molar-refractivity contribution is 5.73. The number of hydrogen-bond acceptors (Lipinski definition) is 2. The van der Waals surface area contributed by atoms with Crippen molar-refractivity contribution in [3.05, 3.63) is 34.4 Å². The number of rotatable bonds is 6. The molecular formula is C16H25NO2. The van der Waals surface area contributed by atoms with Crippen molar-refractivity contribution in [2.24, 2.45) is 5.92 Å². The monoisotopic (exact) mass is 263 g/mol. The van der Waals surface area contributed by atoms with Crippen LogP contribution >= 0.6 is 0 Å². The summed E-state index contributed by atoms with van der Waals surface area (Å²) in [5, 5.41) is 12.4. The number of carboxylic acids is 1. The molecule has 0 radical (unpaired) electrons. The summed E-state index contributed by atoms with van der Waals surface area (Å²) >= 11 is 0. The maximum absolute atomic E-state index is 11.2. The van der Waals surface area contributed by atoms with E-state index in [4.69, 9.17) is 0 Å². The Kier molecular flexibility index (Phi) is 5.55. The smallest absolute Gasteiger partial charge is 0.320 e. The number of carboxylic acid groups (broad SMARTS) is 1. The Bertz CT molecular complexity index is 429. The third-order valence-corrected chi connectivity index (χ3v) is 3.37. The normalized spacial score (nSPS) is 12.7. The number of aliphatic carboxylic acids is 1. The van der Waals surface area contributed by atoms with Crippen LogP contribution < -0.4 is 5.32 Å². The first kappa shape index (κ1) is 15.7. The minimum atomic E-state index is -0.767. The molecule has 0 aliphatic heterocycles. The Hall–Kier alpha value is -1.35. The van der Waals surface area contributed by atoms with Crippen LogP contribution in [0.4, 0.5) is 0 Å². The lowest BCUT2D eigenvalue weighted by Crippen LogP contribution is -2.37. The molecule has 1 aromatic rings. The van der Waals surface area contributed by atoms with Crippen LogP contribution in [-0.4, -0.2) is 17.1 Å². The van der Waals surface area contributed by atoms with Crippen LogP contribution in [0.25, 0.3) is 0 Å². The molecule has 0 aromatic heterocycles. The summed E-state index contributed by atoms with van der Waals surface area (Å²) < 4.78 is 0. The molecule has 3 heteroatoms. The lowest BCUT2D eigenvalue weighted by Gasteiger charge is -2.18. The minimum absolute atomic E-state index is 0.369. The highest BCUT2D eigenvalue weighted by Gasteiger charge is 2.18. The Morgan fingerprint density at radius 2 is 1.74 bits per heavy atom. The second kappa shape index (κ2) is 6.71. The van der Waals surface area contributed by atoms with Gasteiger partial charge in [0.2, 0.25) is 0 Å². The van der Waals surface area contributed by atoms with E-state index in [2.05, 4.69) is 38.2 Å². The van der Waals surface area contributed by atoms with E-state index >= 15 is 0 Å². The van der Waals surface area contributed by atoms with Crippen molar-refractivity contribution in [3.8, 4) is 0 Å². The molecule has 1 aromatic carbocycles. The van der Waals surface area contributed by atoms with E-state index in [1.807, 2.05) is 13.8 Å². The molecule has 2 N–H and O–H groups in total. The fourth-order valence-corrected chi connectivity index (χ4v) is 2.46. The van der Waals surface area contributed by atoms with Crippen LogP contribution in [0, 0.1) is 26.7 Å². The Labute approximate surface area is 116 Å². The van der Waals surface area contributed by atoms with Crippen molar-refractivity contribution in [1.82, 2.24) is 5.32 Å². The van der Waals surface area contributed by atoms with Gasteiger partial charge in [0.15, 0.2) is 0 Å². The van der Waals surface area contributed by atoms with Crippen LogP contribution in [0.15, 0.2) is 12.1 Å². The summed E-state index contributed by atoms with van der Waals surface area (Å²) in [6.07, 6.45) is 0.652. The van der Waals surface area contributed by atoms with E-state index in [9.17, 15) is 9.90 Å². The van der Waals surface area contributed by atoms with Gasteiger partial charge >= 0.3 is 5.97 Å². The van der Waals surface area contributed by atoms with Gasteiger partial charge in [-0.15, -0.1) is 0 Å². The first-order valence-electron chi connectivity index (χ1n) is 6.84. The molecule has 0 fully saturated rings. The zero-order valence-electron chi connectivity index (χ0n) is 12.6. The molecule has 1 rings (SSSR count). The van der Waals surface area contributed by atoms with Crippen LogP contribution in [0.2, 0.25) is 0 Å². The van der Waals surface area contributed by atoms with Gasteiger partial charge in [0.25, 0.3) is 0 Å². The lowest BCUT2D eigenvalue weighted by atomic mass is 9.98. The van der Waals surface area contributed by atoms with Gasteiger partial charge < -0.3 is 10.4 Å². The summed E-state index contributed by atoms with van der Waals surface area (Å²) in [7, 11) is 0. The van der Waals surface area contributed by atoms with Crippen molar-refractivity contribution < 1.29 is 9.90 Å². The van der Waals surface area contributed by atoms with Gasteiger partial charge in [0.05, 0.1) is 0 Å². The Morgan fingerprint density at radius 1 is 1.21 bits per heavy atom. The zero-order valence-corrected chi connectivity index (χ0v) is 12.6. The van der Waals surface area contributed by atoms with Crippen molar-refractivity contribution in [1.29, 1.82) is 0 Å². The number of benzene rings is 1. The fourth-order valence-electron chi connectivity index (χ4n) is 2.46. The molecule has 0 aliphatic rings. The molecule has 0 bridgehead atoms. The second-order valence-corrected chi connectivity index (χ2v) is 5.78. The van der Waals surface area contributed by atoms with E-state index in [1.165, 1.54) is 22.3 Å². The van der Waals surface area contributed by atoms with Crippen molar-refractivity contribution in [3.63, 3.8) is 0 Å². The molecule has 0 aliphatic carbocycles. The van der Waals surface area contributed by atoms with Crippen LogP contribution in [0.3, 0.4) is 0 Å². The van der Waals surface area contributed by atoms with E-state index in [0.29, 0.717) is 18.9 Å². The van der Waals surface area contributed by atoms with Gasteiger partial charge in [-0.1, -0.05) is 31.5 Å². The van der Waals surface area contributed by atoms with Crippen LogP contribution in [0.1, 0.15) is 42.5 Å². The molecule has 106 valence electrons. The highest BCUT2D eigenvalue weighted by Crippen LogP contribution is 2.17. The van der Waals surface area contributed by atoms with E-state index < -0.39 is 12.0 Å². The third-order valence-electron chi connectivity index (χ3n) is 3.37. The van der Waals surface area contributed by atoms with Gasteiger partial charge in [-0.05, 0) is 49.8 Å². The van der Waals surface area contributed by atoms with Gasteiger partial charge in [-0.3, -0.25) is 4.79 Å². The summed E-state index contributed by atoms with van der Waals surface area (Å²) in [5.74, 6) is -0.398. The van der Waals surface area contributed by atoms with Crippen molar-refractivity contribution >= 4 is 5.97 Å². The molecule has 0 heterocycles.